The van der Waals surface area contributed by atoms with Gasteiger partial charge in [-0.3, -0.25) is 4.79 Å². The van der Waals surface area contributed by atoms with Gasteiger partial charge in [-0.25, -0.2) is 14.8 Å². The summed E-state index contributed by atoms with van der Waals surface area (Å²) in [6.45, 7) is 10.5. The molecule has 2 atom stereocenters. The van der Waals surface area contributed by atoms with Crippen LogP contribution in [0.15, 0.2) is 36.2 Å². The highest BCUT2D eigenvalue weighted by atomic mass is 32.1. The van der Waals surface area contributed by atoms with Gasteiger partial charge in [0.15, 0.2) is 0 Å². The summed E-state index contributed by atoms with van der Waals surface area (Å²) >= 11 is 1.29. The smallest absolute Gasteiger partial charge is 0.348 e. The first kappa shape index (κ1) is 26.3. The molecule has 2 heterocycles. The van der Waals surface area contributed by atoms with E-state index in [2.05, 4.69) is 50.7 Å². The van der Waals surface area contributed by atoms with Crippen molar-refractivity contribution in [1.29, 1.82) is 0 Å². The second kappa shape index (κ2) is 10.7. The highest BCUT2D eigenvalue weighted by Gasteiger charge is 2.39. The van der Waals surface area contributed by atoms with Crippen molar-refractivity contribution < 1.29 is 19.4 Å². The second-order valence-electron chi connectivity index (χ2n) is 11.2. The summed E-state index contributed by atoms with van der Waals surface area (Å²) in [5.41, 5.74) is 1.66. The summed E-state index contributed by atoms with van der Waals surface area (Å²) in [7, 11) is 0. The number of carbonyl (C=O) groups is 2. The number of anilines is 1. The van der Waals surface area contributed by atoms with E-state index in [-0.39, 0.29) is 40.2 Å². The minimum Gasteiger partial charge on any atom is -0.477 e. The number of carbonyl (C=O) groups excluding carboxylic acids is 1. The number of hydrogen-bond acceptors (Lipinski definition) is 6. The van der Waals surface area contributed by atoms with Crippen molar-refractivity contribution >= 4 is 28.9 Å². The Balaban J connectivity index is 1.64. The number of hydrogen-bond donors (Lipinski definition) is 1. The van der Waals surface area contributed by atoms with Crippen molar-refractivity contribution in [3.05, 3.63) is 45.9 Å². The van der Waals surface area contributed by atoms with E-state index in [9.17, 15) is 14.7 Å². The van der Waals surface area contributed by atoms with Crippen LogP contribution in [0.3, 0.4) is 0 Å². The minimum absolute atomic E-state index is 0.0219. The fourth-order valence-electron chi connectivity index (χ4n) is 5.31. The first-order valence-electron chi connectivity index (χ1n) is 12.8. The molecule has 194 valence electrons. The first-order chi connectivity index (χ1) is 17.0. The van der Waals surface area contributed by atoms with E-state index >= 15 is 0 Å². The molecule has 1 N–H and O–H groups in total. The average molecular weight is 512 g/mol. The molecule has 1 saturated carbocycles. The Bertz CT molecular complexity index is 1110. The van der Waals surface area contributed by atoms with E-state index in [1.807, 2.05) is 11.0 Å². The first-order valence-corrected chi connectivity index (χ1v) is 13.7. The van der Waals surface area contributed by atoms with Gasteiger partial charge in [0.2, 0.25) is 5.91 Å². The predicted molar refractivity (Wildman–Crippen MR) is 142 cm³/mol. The van der Waals surface area contributed by atoms with Crippen LogP contribution in [0.4, 0.5) is 5.69 Å². The highest BCUT2D eigenvalue weighted by molar-refractivity contribution is 7.14. The lowest BCUT2D eigenvalue weighted by molar-refractivity contribution is -0.124. The third-order valence-electron chi connectivity index (χ3n) is 7.33. The van der Waals surface area contributed by atoms with Crippen molar-refractivity contribution in [1.82, 2.24) is 9.97 Å². The molecule has 4 rings (SSSR count). The number of carboxylic acids is 1. The number of thiophene rings is 1. The van der Waals surface area contributed by atoms with Gasteiger partial charge in [-0.15, -0.1) is 11.3 Å². The number of allylic oxidation sites excluding steroid dienone is 2. The highest BCUT2D eigenvalue weighted by Crippen LogP contribution is 2.42. The molecule has 0 saturated heterocycles. The van der Waals surface area contributed by atoms with Crippen molar-refractivity contribution in [2.45, 2.75) is 90.7 Å². The fraction of sp³-hybridized carbons (Fsp3) is 0.571. The summed E-state index contributed by atoms with van der Waals surface area (Å²) in [4.78, 5) is 37.9. The number of aromatic carboxylic acids is 1. The molecular formula is C28H37N3O4S. The van der Waals surface area contributed by atoms with Gasteiger partial charge in [-0.1, -0.05) is 39.3 Å². The van der Waals surface area contributed by atoms with Crippen molar-refractivity contribution in [3.8, 4) is 6.01 Å². The molecular weight excluding hydrogens is 474 g/mol. The largest absolute Gasteiger partial charge is 0.477 e. The number of rotatable bonds is 6. The Morgan fingerprint density at radius 2 is 1.81 bits per heavy atom. The van der Waals surface area contributed by atoms with E-state index < -0.39 is 5.97 Å². The monoisotopic (exact) mass is 511 g/mol. The number of ether oxygens (including phenoxy) is 1. The zero-order valence-corrected chi connectivity index (χ0v) is 22.7. The maximum Gasteiger partial charge on any atom is 0.348 e. The molecule has 7 nitrogen and oxygen atoms in total. The topological polar surface area (TPSA) is 92.6 Å². The summed E-state index contributed by atoms with van der Waals surface area (Å²) in [6, 6.07) is 3.99. The second-order valence-corrected chi connectivity index (χ2v) is 12.3. The lowest BCUT2D eigenvalue weighted by Crippen LogP contribution is -2.48. The molecule has 0 unspecified atom stereocenters. The van der Waals surface area contributed by atoms with Gasteiger partial charge in [0.05, 0.1) is 5.69 Å². The van der Waals surface area contributed by atoms with E-state index in [0.717, 1.165) is 37.0 Å². The van der Waals surface area contributed by atoms with Crippen LogP contribution in [0.25, 0.3) is 0 Å². The predicted octanol–water partition coefficient (Wildman–Crippen LogP) is 6.25. The van der Waals surface area contributed by atoms with Gasteiger partial charge >= 0.3 is 12.0 Å². The van der Waals surface area contributed by atoms with Gasteiger partial charge in [0.1, 0.15) is 11.0 Å². The molecule has 0 radical (unpaired) electrons. The van der Waals surface area contributed by atoms with Crippen LogP contribution in [0.5, 0.6) is 6.01 Å². The van der Waals surface area contributed by atoms with Crippen LogP contribution in [-0.2, 0) is 10.2 Å². The van der Waals surface area contributed by atoms with Crippen LogP contribution in [-0.4, -0.2) is 39.1 Å². The molecule has 0 spiro atoms. The van der Waals surface area contributed by atoms with Gasteiger partial charge in [0, 0.05) is 29.2 Å². The minimum atomic E-state index is -0.978. The number of nitrogens with zero attached hydrogens (tertiary/aromatic N) is 3. The molecule has 8 heteroatoms. The third kappa shape index (κ3) is 5.80. The van der Waals surface area contributed by atoms with Crippen molar-refractivity contribution in [2.24, 2.45) is 11.8 Å². The number of carboxylic acid groups (broad SMARTS) is 1. The molecule has 2 aromatic heterocycles. The molecule has 2 aromatic rings. The molecule has 1 fully saturated rings. The lowest BCUT2D eigenvalue weighted by atomic mass is 9.79. The van der Waals surface area contributed by atoms with Crippen LogP contribution in [0, 0.1) is 11.8 Å². The number of amides is 1. The Kier molecular flexibility index (Phi) is 7.83. The Labute approximate surface area is 217 Å². The van der Waals surface area contributed by atoms with Gasteiger partial charge in [-0.2, -0.15) is 0 Å². The summed E-state index contributed by atoms with van der Waals surface area (Å²) in [6.07, 6.45) is 10.0. The Morgan fingerprint density at radius 3 is 2.39 bits per heavy atom. The fourth-order valence-corrected chi connectivity index (χ4v) is 6.36. The Hall–Kier alpha value is -2.74. The van der Waals surface area contributed by atoms with Crippen LogP contribution in [0.1, 0.15) is 87.7 Å². The average Bonchev–Trinajstić information content (AvgIpc) is 3.27. The molecule has 1 amide bonds. The summed E-state index contributed by atoms with van der Waals surface area (Å²) in [5, 5.41) is 10.1. The van der Waals surface area contributed by atoms with Crippen LogP contribution in [0.2, 0.25) is 0 Å². The lowest BCUT2D eigenvalue weighted by Gasteiger charge is -2.40. The van der Waals surface area contributed by atoms with E-state index in [0.29, 0.717) is 18.1 Å². The van der Waals surface area contributed by atoms with Gasteiger partial charge < -0.3 is 14.7 Å². The quantitative estimate of drug-likeness (QED) is 0.461. The molecule has 0 aromatic carbocycles. The third-order valence-corrected chi connectivity index (χ3v) is 8.87. The molecule has 36 heavy (non-hydrogen) atoms. The molecule has 2 aliphatic carbocycles. The Morgan fingerprint density at radius 1 is 1.14 bits per heavy atom. The van der Waals surface area contributed by atoms with E-state index in [1.165, 1.54) is 16.9 Å². The zero-order chi connectivity index (χ0) is 26.0. The maximum atomic E-state index is 14.2. The van der Waals surface area contributed by atoms with Crippen molar-refractivity contribution in [2.75, 3.05) is 4.90 Å². The number of aromatic nitrogens is 2. The standard InChI is InChI=1S/C28H37N3O4S/c1-17-7-12-21(18(2)15-17)25(32)31(22-16-23(28(3,4)5)36-24(22)26(33)34)19-8-10-20(11-9-19)35-27-29-13-6-14-30-27/h6-7,13-14,16,18-21H,8-12,15H2,1-5H3,(H,33,34)/t18-,19?,20?,21-/m0/s1. The molecule has 0 aliphatic heterocycles. The van der Waals surface area contributed by atoms with Gasteiger partial charge in [-0.05, 0) is 68.9 Å². The summed E-state index contributed by atoms with van der Waals surface area (Å²) in [5.74, 6) is -0.870. The molecule has 2 aliphatic rings. The van der Waals surface area contributed by atoms with Crippen LogP contribution < -0.4 is 9.64 Å². The zero-order valence-electron chi connectivity index (χ0n) is 21.9. The van der Waals surface area contributed by atoms with E-state index in [4.69, 9.17) is 4.74 Å². The summed E-state index contributed by atoms with van der Waals surface area (Å²) < 4.78 is 5.98. The molecule has 0 bridgehead atoms. The van der Waals surface area contributed by atoms with Crippen molar-refractivity contribution in [3.63, 3.8) is 0 Å². The van der Waals surface area contributed by atoms with Gasteiger partial charge in [0.25, 0.3) is 0 Å². The van der Waals surface area contributed by atoms with E-state index in [1.54, 1.807) is 18.5 Å². The SMILES string of the molecule is CC1=CC[C@H](C(=O)N(c2cc(C(C)(C)C)sc2C(=O)O)C2CCC(Oc3ncccn3)CC2)[C@@H](C)C1. The normalized spacial score (nSPS) is 24.6. The maximum absolute atomic E-state index is 14.2. The van der Waals surface area contributed by atoms with Crippen LogP contribution >= 0.6 is 11.3 Å².